The number of nitrogens with one attached hydrogen (secondary N) is 3. The number of nitrogens with zero attached hydrogens (tertiary/aromatic N) is 1. The normalized spacial score (nSPS) is 12.2. The molecule has 0 fully saturated rings. The van der Waals surface area contributed by atoms with Gasteiger partial charge in [0.25, 0.3) is 17.5 Å². The van der Waals surface area contributed by atoms with E-state index < -0.39 is 32.8 Å². The lowest BCUT2D eigenvalue weighted by Crippen LogP contribution is -2.51. The van der Waals surface area contributed by atoms with Crippen LogP contribution in [-0.2, 0) is 14.8 Å². The predicted molar refractivity (Wildman–Crippen MR) is 114 cm³/mol. The maximum atomic E-state index is 12.9. The van der Waals surface area contributed by atoms with Crippen LogP contribution in [0, 0.1) is 37.8 Å². The first kappa shape index (κ1) is 24.0. The molecule has 2 aromatic carbocycles. The van der Waals surface area contributed by atoms with E-state index in [0.717, 1.165) is 17.2 Å². The van der Waals surface area contributed by atoms with Gasteiger partial charge in [0.15, 0.2) is 0 Å². The van der Waals surface area contributed by atoms with Gasteiger partial charge < -0.3 is 0 Å². The molecule has 0 spiro atoms. The number of amides is 2. The number of non-ortho nitro benzene ring substituents is 1. The van der Waals surface area contributed by atoms with Gasteiger partial charge in [-0.3, -0.25) is 30.6 Å². The molecule has 0 bridgehead atoms. The summed E-state index contributed by atoms with van der Waals surface area (Å²) in [7, 11) is -4.02. The number of nitro groups is 1. The number of carbonyl (C=O) groups is 2. The van der Waals surface area contributed by atoms with Gasteiger partial charge in [-0.25, -0.2) is 8.42 Å². The average molecular weight is 449 g/mol. The summed E-state index contributed by atoms with van der Waals surface area (Å²) in [4.78, 5) is 34.7. The number of hydrazine groups is 1. The maximum absolute atomic E-state index is 12.9. The summed E-state index contributed by atoms with van der Waals surface area (Å²) in [6.45, 7) is 8.33. The van der Waals surface area contributed by atoms with E-state index in [4.69, 9.17) is 0 Å². The standard InChI is InChI=1S/C20H24N4O6S/c1-11-9-12(2)14(4)18(13(11)3)31(29,30)23-15(5)19(25)21-22-20(26)16-7-6-8-17(10-16)24(27)28/h6-10,15,23H,1-5H3,(H,21,25)(H,22,26)/t15-/m0/s1. The molecular formula is C20H24N4O6S. The predicted octanol–water partition coefficient (Wildman–Crippen LogP) is 1.96. The van der Waals surface area contributed by atoms with E-state index in [0.29, 0.717) is 11.1 Å². The molecule has 10 nitrogen and oxygen atoms in total. The minimum absolute atomic E-state index is 0.0378. The van der Waals surface area contributed by atoms with Crippen LogP contribution in [0.15, 0.2) is 35.2 Å². The Morgan fingerprint density at radius 1 is 1.00 bits per heavy atom. The highest BCUT2D eigenvalue weighted by molar-refractivity contribution is 7.89. The smallest absolute Gasteiger partial charge is 0.270 e. The zero-order chi connectivity index (χ0) is 23.5. The Kier molecular flexibility index (Phi) is 7.13. The Bertz CT molecular complexity index is 1130. The maximum Gasteiger partial charge on any atom is 0.270 e. The van der Waals surface area contributed by atoms with Crippen molar-refractivity contribution >= 4 is 27.5 Å². The summed E-state index contributed by atoms with van der Waals surface area (Å²) in [5.41, 5.74) is 6.71. The topological polar surface area (TPSA) is 148 Å². The van der Waals surface area contributed by atoms with Crippen molar-refractivity contribution in [1.29, 1.82) is 0 Å². The van der Waals surface area contributed by atoms with Crippen LogP contribution in [0.25, 0.3) is 0 Å². The van der Waals surface area contributed by atoms with E-state index in [-0.39, 0.29) is 16.1 Å². The molecule has 31 heavy (non-hydrogen) atoms. The number of hydrogen-bond acceptors (Lipinski definition) is 6. The van der Waals surface area contributed by atoms with Crippen LogP contribution < -0.4 is 15.6 Å². The number of benzene rings is 2. The molecule has 0 saturated carbocycles. The van der Waals surface area contributed by atoms with Crippen molar-refractivity contribution in [3.05, 3.63) is 68.3 Å². The molecule has 2 rings (SSSR count). The van der Waals surface area contributed by atoms with E-state index >= 15 is 0 Å². The summed E-state index contributed by atoms with van der Waals surface area (Å²) in [6, 6.07) is 5.65. The average Bonchev–Trinajstić information content (AvgIpc) is 2.69. The van der Waals surface area contributed by atoms with Crippen LogP contribution in [0.2, 0.25) is 0 Å². The molecular weight excluding hydrogens is 424 g/mol. The highest BCUT2D eigenvalue weighted by Crippen LogP contribution is 2.26. The third-order valence-electron chi connectivity index (χ3n) is 4.91. The third-order valence-corrected chi connectivity index (χ3v) is 6.72. The van der Waals surface area contributed by atoms with Gasteiger partial charge in [0, 0.05) is 17.7 Å². The molecule has 0 unspecified atom stereocenters. The summed E-state index contributed by atoms with van der Waals surface area (Å²) >= 11 is 0. The fourth-order valence-electron chi connectivity index (χ4n) is 2.99. The zero-order valence-corrected chi connectivity index (χ0v) is 18.6. The minimum Gasteiger partial charge on any atom is -0.271 e. The van der Waals surface area contributed by atoms with Crippen molar-refractivity contribution in [2.45, 2.75) is 45.6 Å². The summed E-state index contributed by atoms with van der Waals surface area (Å²) in [5.74, 6) is -1.59. The summed E-state index contributed by atoms with van der Waals surface area (Å²) in [6.07, 6.45) is 0. The Balaban J connectivity index is 2.10. The first-order valence-corrected chi connectivity index (χ1v) is 10.8. The first-order chi connectivity index (χ1) is 14.3. The van der Waals surface area contributed by atoms with Crippen molar-refractivity contribution in [2.24, 2.45) is 0 Å². The highest BCUT2D eigenvalue weighted by atomic mass is 32.2. The van der Waals surface area contributed by atoms with Crippen molar-refractivity contribution in [3.63, 3.8) is 0 Å². The molecule has 166 valence electrons. The number of aryl methyl sites for hydroxylation is 2. The molecule has 0 saturated heterocycles. The summed E-state index contributed by atoms with van der Waals surface area (Å²) < 4.78 is 28.1. The second kappa shape index (κ2) is 9.23. The van der Waals surface area contributed by atoms with Crippen LogP contribution in [0.5, 0.6) is 0 Å². The second-order valence-electron chi connectivity index (χ2n) is 7.18. The molecule has 11 heteroatoms. The van der Waals surface area contributed by atoms with E-state index in [2.05, 4.69) is 15.6 Å². The number of sulfonamides is 1. The number of hydrogen-bond donors (Lipinski definition) is 3. The van der Waals surface area contributed by atoms with Gasteiger partial charge in [-0.15, -0.1) is 0 Å². The van der Waals surface area contributed by atoms with Crippen LogP contribution in [-0.4, -0.2) is 31.2 Å². The Morgan fingerprint density at radius 2 is 1.58 bits per heavy atom. The van der Waals surface area contributed by atoms with Crippen molar-refractivity contribution in [1.82, 2.24) is 15.6 Å². The van der Waals surface area contributed by atoms with E-state index in [1.54, 1.807) is 27.7 Å². The molecule has 2 aromatic rings. The molecule has 0 aliphatic heterocycles. The molecule has 0 aliphatic rings. The second-order valence-corrected chi connectivity index (χ2v) is 8.83. The lowest BCUT2D eigenvalue weighted by Gasteiger charge is -2.19. The number of carbonyl (C=O) groups excluding carboxylic acids is 2. The molecule has 1 atom stereocenters. The Labute approximate surface area is 180 Å². The van der Waals surface area contributed by atoms with Crippen LogP contribution in [0.3, 0.4) is 0 Å². The van der Waals surface area contributed by atoms with Gasteiger partial charge in [0.05, 0.1) is 15.9 Å². The molecule has 3 N–H and O–H groups in total. The quantitative estimate of drug-likeness (QED) is 0.454. The molecule has 0 aliphatic carbocycles. The van der Waals surface area contributed by atoms with E-state index in [9.17, 15) is 28.1 Å². The molecule has 0 aromatic heterocycles. The highest BCUT2D eigenvalue weighted by Gasteiger charge is 2.26. The lowest BCUT2D eigenvalue weighted by atomic mass is 10.0. The SMILES string of the molecule is Cc1cc(C)c(C)c(S(=O)(=O)N[C@@H](C)C(=O)NNC(=O)c2cccc([N+](=O)[O-])c2)c1C. The Morgan fingerprint density at radius 3 is 2.13 bits per heavy atom. The van der Waals surface area contributed by atoms with Crippen molar-refractivity contribution in [2.75, 3.05) is 0 Å². The first-order valence-electron chi connectivity index (χ1n) is 9.29. The van der Waals surface area contributed by atoms with Crippen molar-refractivity contribution < 1.29 is 22.9 Å². The van der Waals surface area contributed by atoms with Crippen molar-refractivity contribution in [3.8, 4) is 0 Å². The van der Waals surface area contributed by atoms with Crippen LogP contribution in [0.4, 0.5) is 5.69 Å². The van der Waals surface area contributed by atoms with E-state index in [1.807, 2.05) is 6.07 Å². The number of nitro benzene ring substituents is 1. The molecule has 2 amide bonds. The fraction of sp³-hybridized carbons (Fsp3) is 0.300. The third kappa shape index (κ3) is 5.44. The molecule has 0 radical (unpaired) electrons. The van der Waals surface area contributed by atoms with Gasteiger partial charge in [-0.05, 0) is 62.9 Å². The van der Waals surface area contributed by atoms with Crippen LogP contribution in [0.1, 0.15) is 39.5 Å². The van der Waals surface area contributed by atoms with Gasteiger partial charge in [0.2, 0.25) is 10.0 Å². The van der Waals surface area contributed by atoms with Gasteiger partial charge in [0.1, 0.15) is 0 Å². The number of rotatable bonds is 6. The lowest BCUT2D eigenvalue weighted by molar-refractivity contribution is -0.384. The van der Waals surface area contributed by atoms with Gasteiger partial charge in [-0.1, -0.05) is 12.1 Å². The van der Waals surface area contributed by atoms with E-state index in [1.165, 1.54) is 25.1 Å². The molecule has 0 heterocycles. The monoisotopic (exact) mass is 448 g/mol. The minimum atomic E-state index is -4.02. The van der Waals surface area contributed by atoms with Gasteiger partial charge in [-0.2, -0.15) is 4.72 Å². The zero-order valence-electron chi connectivity index (χ0n) is 17.8. The van der Waals surface area contributed by atoms with Crippen LogP contribution >= 0.6 is 0 Å². The largest absolute Gasteiger partial charge is 0.271 e. The Hall–Kier alpha value is -3.31. The summed E-state index contributed by atoms with van der Waals surface area (Å²) in [5, 5.41) is 10.8. The fourth-order valence-corrected chi connectivity index (χ4v) is 4.81. The van der Waals surface area contributed by atoms with Gasteiger partial charge >= 0.3 is 0 Å².